The number of halogens is 1. The molecule has 0 aliphatic heterocycles. The molecule has 2 aromatic carbocycles. The van der Waals surface area contributed by atoms with Crippen LogP contribution in [0.3, 0.4) is 0 Å². The lowest BCUT2D eigenvalue weighted by atomic mass is 10.2. The number of rotatable bonds is 3. The van der Waals surface area contributed by atoms with Gasteiger partial charge >= 0.3 is 0 Å². The molecule has 0 heterocycles. The van der Waals surface area contributed by atoms with E-state index in [1.54, 1.807) is 24.3 Å². The minimum atomic E-state index is -0.433. The van der Waals surface area contributed by atoms with Crippen molar-refractivity contribution in [1.29, 1.82) is 0 Å². The van der Waals surface area contributed by atoms with E-state index < -0.39 is 11.7 Å². The molecular weight excluding hydrogens is 317 g/mol. The standard InChI is InChI=1S/C16H14FN3O2S/c1-10(21)18-13-6-8-14(9-7-13)19-16(23)20-15(22)11-2-4-12(17)5-3-11/h2-9H,1H3,(H,18,21)(H2,19,20,22,23). The zero-order valence-electron chi connectivity index (χ0n) is 12.2. The van der Waals surface area contributed by atoms with Crippen LogP contribution in [0.25, 0.3) is 0 Å². The molecule has 7 heteroatoms. The molecule has 0 saturated heterocycles. The molecule has 2 amide bonds. The molecule has 0 spiro atoms. The minimum absolute atomic E-state index is 0.117. The van der Waals surface area contributed by atoms with Crippen LogP contribution in [0.1, 0.15) is 17.3 Å². The number of hydrogen-bond acceptors (Lipinski definition) is 3. The molecule has 2 rings (SSSR count). The van der Waals surface area contributed by atoms with Crippen molar-refractivity contribution in [3.05, 3.63) is 59.9 Å². The maximum absolute atomic E-state index is 12.8. The first-order chi connectivity index (χ1) is 10.9. The van der Waals surface area contributed by atoms with Crippen molar-refractivity contribution in [3.63, 3.8) is 0 Å². The van der Waals surface area contributed by atoms with Crippen molar-refractivity contribution in [1.82, 2.24) is 5.32 Å². The Morgan fingerprint density at radius 1 is 0.913 bits per heavy atom. The Bertz CT molecular complexity index is 730. The van der Waals surface area contributed by atoms with Gasteiger partial charge in [0.15, 0.2) is 5.11 Å². The molecule has 0 bridgehead atoms. The van der Waals surface area contributed by atoms with Crippen molar-refractivity contribution < 1.29 is 14.0 Å². The summed E-state index contributed by atoms with van der Waals surface area (Å²) in [6.45, 7) is 1.42. The highest BCUT2D eigenvalue weighted by Gasteiger charge is 2.08. The minimum Gasteiger partial charge on any atom is -0.332 e. The third kappa shape index (κ3) is 5.15. The largest absolute Gasteiger partial charge is 0.332 e. The second-order valence-corrected chi connectivity index (χ2v) is 5.08. The van der Waals surface area contributed by atoms with Gasteiger partial charge in [0.05, 0.1) is 0 Å². The molecule has 0 unspecified atom stereocenters. The van der Waals surface area contributed by atoms with E-state index in [4.69, 9.17) is 12.2 Å². The lowest BCUT2D eigenvalue weighted by molar-refractivity contribution is -0.114. The van der Waals surface area contributed by atoms with E-state index in [0.717, 1.165) is 0 Å². The van der Waals surface area contributed by atoms with Crippen molar-refractivity contribution in [3.8, 4) is 0 Å². The van der Waals surface area contributed by atoms with Crippen molar-refractivity contribution in [2.75, 3.05) is 10.6 Å². The first-order valence-corrected chi connectivity index (χ1v) is 7.10. The number of nitrogens with one attached hydrogen (secondary N) is 3. The summed E-state index contributed by atoms with van der Waals surface area (Å²) in [6, 6.07) is 12.0. The van der Waals surface area contributed by atoms with Gasteiger partial charge in [0.25, 0.3) is 5.91 Å². The monoisotopic (exact) mass is 331 g/mol. The fourth-order valence-corrected chi connectivity index (χ4v) is 1.99. The lowest BCUT2D eigenvalue weighted by Crippen LogP contribution is -2.34. The van der Waals surface area contributed by atoms with Gasteiger partial charge < -0.3 is 10.6 Å². The van der Waals surface area contributed by atoms with Gasteiger partial charge in [0.2, 0.25) is 5.91 Å². The summed E-state index contributed by atoms with van der Waals surface area (Å²) in [5, 5.41) is 8.11. The highest BCUT2D eigenvalue weighted by Crippen LogP contribution is 2.13. The fraction of sp³-hybridized carbons (Fsp3) is 0.0625. The topological polar surface area (TPSA) is 70.2 Å². The third-order valence-corrected chi connectivity index (χ3v) is 3.00. The van der Waals surface area contributed by atoms with Gasteiger partial charge in [-0.3, -0.25) is 14.9 Å². The summed E-state index contributed by atoms with van der Waals surface area (Å²) in [6.07, 6.45) is 0. The van der Waals surface area contributed by atoms with Gasteiger partial charge in [-0.2, -0.15) is 0 Å². The summed E-state index contributed by atoms with van der Waals surface area (Å²) in [5.74, 6) is -1.01. The Morgan fingerprint density at radius 3 is 1.96 bits per heavy atom. The Labute approximate surface area is 137 Å². The molecule has 0 saturated carbocycles. The van der Waals surface area contributed by atoms with Gasteiger partial charge in [0.1, 0.15) is 5.82 Å². The van der Waals surface area contributed by atoms with Crippen LogP contribution in [0.5, 0.6) is 0 Å². The van der Waals surface area contributed by atoms with Crippen LogP contribution < -0.4 is 16.0 Å². The normalized spacial score (nSPS) is 9.83. The van der Waals surface area contributed by atoms with Crippen LogP contribution in [0, 0.1) is 5.82 Å². The number of thiocarbonyl (C=S) groups is 1. The summed E-state index contributed by atoms with van der Waals surface area (Å²) in [4.78, 5) is 22.9. The molecule has 2 aromatic rings. The summed E-state index contributed by atoms with van der Waals surface area (Å²) in [5.41, 5.74) is 1.62. The van der Waals surface area contributed by atoms with E-state index in [1.807, 2.05) is 0 Å². The SMILES string of the molecule is CC(=O)Nc1ccc(NC(=S)NC(=O)c2ccc(F)cc2)cc1. The Balaban J connectivity index is 1.92. The number of carbonyl (C=O) groups excluding carboxylic acids is 2. The highest BCUT2D eigenvalue weighted by molar-refractivity contribution is 7.80. The van der Waals surface area contributed by atoms with Crippen LogP contribution in [0.4, 0.5) is 15.8 Å². The van der Waals surface area contributed by atoms with Crippen LogP contribution in [-0.4, -0.2) is 16.9 Å². The number of benzene rings is 2. The second kappa shape index (κ2) is 7.46. The zero-order chi connectivity index (χ0) is 16.8. The van der Waals surface area contributed by atoms with E-state index in [9.17, 15) is 14.0 Å². The Hall–Kier alpha value is -2.80. The van der Waals surface area contributed by atoms with Crippen molar-refractivity contribution in [2.45, 2.75) is 6.92 Å². The predicted octanol–water partition coefficient (Wildman–Crippen LogP) is 2.91. The molecular formula is C16H14FN3O2S. The average molecular weight is 331 g/mol. The molecule has 0 aliphatic carbocycles. The summed E-state index contributed by atoms with van der Waals surface area (Å²) < 4.78 is 12.8. The molecule has 0 fully saturated rings. The molecule has 23 heavy (non-hydrogen) atoms. The van der Waals surface area contributed by atoms with Gasteiger partial charge in [-0.25, -0.2) is 4.39 Å². The number of carbonyl (C=O) groups is 2. The van der Waals surface area contributed by atoms with Gasteiger partial charge in [-0.15, -0.1) is 0 Å². The van der Waals surface area contributed by atoms with Crippen LogP contribution in [0.15, 0.2) is 48.5 Å². The van der Waals surface area contributed by atoms with Gasteiger partial charge in [0, 0.05) is 23.9 Å². The fourth-order valence-electron chi connectivity index (χ4n) is 1.78. The molecule has 0 aromatic heterocycles. The van der Waals surface area contributed by atoms with Crippen LogP contribution >= 0.6 is 12.2 Å². The molecule has 118 valence electrons. The third-order valence-electron chi connectivity index (χ3n) is 2.80. The Kier molecular flexibility index (Phi) is 5.37. The van der Waals surface area contributed by atoms with E-state index in [-0.39, 0.29) is 11.0 Å². The van der Waals surface area contributed by atoms with Crippen molar-refractivity contribution >= 4 is 40.5 Å². The second-order valence-electron chi connectivity index (χ2n) is 4.67. The molecule has 5 nitrogen and oxygen atoms in total. The zero-order valence-corrected chi connectivity index (χ0v) is 13.0. The lowest BCUT2D eigenvalue weighted by Gasteiger charge is -2.10. The van der Waals surface area contributed by atoms with Crippen molar-refractivity contribution in [2.24, 2.45) is 0 Å². The van der Waals surface area contributed by atoms with Crippen LogP contribution in [-0.2, 0) is 4.79 Å². The number of amides is 2. The van der Waals surface area contributed by atoms with E-state index in [1.165, 1.54) is 31.2 Å². The molecule has 0 radical (unpaired) electrons. The summed E-state index contributed by atoms with van der Waals surface area (Å²) >= 11 is 5.05. The first-order valence-electron chi connectivity index (χ1n) is 6.69. The molecule has 3 N–H and O–H groups in total. The smallest absolute Gasteiger partial charge is 0.257 e. The van der Waals surface area contributed by atoms with E-state index in [0.29, 0.717) is 16.9 Å². The average Bonchev–Trinajstić information content (AvgIpc) is 2.49. The first kappa shape index (κ1) is 16.6. The molecule has 0 aliphatic rings. The number of hydrogen-bond donors (Lipinski definition) is 3. The maximum Gasteiger partial charge on any atom is 0.257 e. The maximum atomic E-state index is 12.8. The Morgan fingerprint density at radius 2 is 1.43 bits per heavy atom. The van der Waals surface area contributed by atoms with E-state index >= 15 is 0 Å². The predicted molar refractivity (Wildman–Crippen MR) is 90.8 cm³/mol. The quantitative estimate of drug-likeness (QED) is 0.757. The number of anilines is 2. The van der Waals surface area contributed by atoms with Gasteiger partial charge in [-0.05, 0) is 60.7 Å². The summed E-state index contributed by atoms with van der Waals surface area (Å²) in [7, 11) is 0. The van der Waals surface area contributed by atoms with Gasteiger partial charge in [-0.1, -0.05) is 0 Å². The molecule has 0 atom stereocenters. The highest BCUT2D eigenvalue weighted by atomic mass is 32.1. The van der Waals surface area contributed by atoms with E-state index in [2.05, 4.69) is 16.0 Å². The van der Waals surface area contributed by atoms with Crippen LogP contribution in [0.2, 0.25) is 0 Å².